The molecule has 1 saturated heterocycles. The van der Waals surface area contributed by atoms with Crippen LogP contribution in [0.25, 0.3) is 0 Å². The second-order valence-electron chi connectivity index (χ2n) is 10.3. The second kappa shape index (κ2) is 10.8. The lowest BCUT2D eigenvalue weighted by molar-refractivity contribution is -0.142. The Hall–Kier alpha value is -2.62. The molecular formula is C24H40N4O6. The first-order valence-corrected chi connectivity index (χ1v) is 12.0. The first-order valence-electron chi connectivity index (χ1n) is 12.0. The Kier molecular flexibility index (Phi) is 8.74. The van der Waals surface area contributed by atoms with E-state index in [9.17, 15) is 19.5 Å². The molecule has 2 aliphatic rings. The molecule has 10 heteroatoms. The summed E-state index contributed by atoms with van der Waals surface area (Å²) in [7, 11) is 0. The minimum atomic E-state index is -1.19. The van der Waals surface area contributed by atoms with Crippen LogP contribution in [0, 0.1) is 5.92 Å². The molecule has 0 spiro atoms. The molecule has 3 rings (SSSR count). The van der Waals surface area contributed by atoms with Gasteiger partial charge in [0.05, 0.1) is 30.2 Å². The van der Waals surface area contributed by atoms with Crippen molar-refractivity contribution in [3.05, 3.63) is 17.7 Å². The summed E-state index contributed by atoms with van der Waals surface area (Å²) in [6.45, 7) is 16.1. The van der Waals surface area contributed by atoms with Crippen LogP contribution in [0.5, 0.6) is 0 Å². The Morgan fingerprint density at radius 1 is 1.03 bits per heavy atom. The maximum atomic E-state index is 13.0. The molecule has 2 unspecified atom stereocenters. The van der Waals surface area contributed by atoms with E-state index in [1.54, 1.807) is 52.8 Å². The minimum Gasteiger partial charge on any atom is -0.444 e. The van der Waals surface area contributed by atoms with E-state index in [-0.39, 0.29) is 13.1 Å². The van der Waals surface area contributed by atoms with Gasteiger partial charge in [0.1, 0.15) is 17.3 Å². The van der Waals surface area contributed by atoms with Gasteiger partial charge in [-0.15, -0.1) is 0 Å². The maximum Gasteiger partial charge on any atom is 0.417 e. The first-order chi connectivity index (χ1) is 15.8. The van der Waals surface area contributed by atoms with Crippen molar-refractivity contribution in [2.45, 2.75) is 98.6 Å². The zero-order chi connectivity index (χ0) is 25.8. The number of aliphatic hydroxyl groups is 1. The van der Waals surface area contributed by atoms with Gasteiger partial charge < -0.3 is 24.0 Å². The van der Waals surface area contributed by atoms with Gasteiger partial charge in [-0.05, 0) is 54.4 Å². The predicted molar refractivity (Wildman–Crippen MR) is 126 cm³/mol. The van der Waals surface area contributed by atoms with E-state index in [1.807, 2.05) is 18.4 Å². The number of aromatic nitrogens is 2. The lowest BCUT2D eigenvalue weighted by atomic mass is 9.89. The lowest BCUT2D eigenvalue weighted by Gasteiger charge is -2.35. The number of carbonyl (C=O) groups is 3. The number of hydrogen-bond acceptors (Lipinski definition) is 7. The number of aliphatic hydroxyl groups excluding tert-OH is 1. The van der Waals surface area contributed by atoms with Crippen LogP contribution in [0.2, 0.25) is 0 Å². The third-order valence-electron chi connectivity index (χ3n) is 5.34. The van der Waals surface area contributed by atoms with Crippen LogP contribution in [0.3, 0.4) is 0 Å². The van der Waals surface area contributed by atoms with Crippen molar-refractivity contribution >= 4 is 18.1 Å². The highest BCUT2D eigenvalue weighted by Crippen LogP contribution is 2.33. The number of fused-ring (bicyclic) bond motifs is 1. The number of ether oxygens (including phenoxy) is 2. The molecule has 0 aromatic carbocycles. The Morgan fingerprint density at radius 2 is 1.62 bits per heavy atom. The minimum absolute atomic E-state index is 0.220. The van der Waals surface area contributed by atoms with Crippen LogP contribution in [-0.4, -0.2) is 66.8 Å². The normalized spacial score (nSPS) is 19.6. The summed E-state index contributed by atoms with van der Waals surface area (Å²) in [6.07, 6.45) is 0.271. The van der Waals surface area contributed by atoms with Gasteiger partial charge in [0, 0.05) is 19.6 Å². The van der Waals surface area contributed by atoms with E-state index >= 15 is 0 Å². The molecule has 1 fully saturated rings. The van der Waals surface area contributed by atoms with Crippen molar-refractivity contribution in [3.8, 4) is 0 Å². The van der Waals surface area contributed by atoms with E-state index in [2.05, 4.69) is 4.98 Å². The van der Waals surface area contributed by atoms with Crippen LogP contribution in [0.15, 0.2) is 6.33 Å². The number of imidazole rings is 1. The van der Waals surface area contributed by atoms with E-state index in [4.69, 9.17) is 9.47 Å². The van der Waals surface area contributed by atoms with Crippen LogP contribution in [-0.2, 0) is 27.4 Å². The number of rotatable bonds is 2. The smallest absolute Gasteiger partial charge is 0.417 e. The summed E-state index contributed by atoms with van der Waals surface area (Å²) >= 11 is 0. The van der Waals surface area contributed by atoms with Crippen molar-refractivity contribution < 1.29 is 29.0 Å². The molecular weight excluding hydrogens is 440 g/mol. The fourth-order valence-corrected chi connectivity index (χ4v) is 3.89. The average molecular weight is 481 g/mol. The quantitative estimate of drug-likeness (QED) is 0.683. The monoisotopic (exact) mass is 480 g/mol. The van der Waals surface area contributed by atoms with Gasteiger partial charge in [-0.25, -0.2) is 19.5 Å². The van der Waals surface area contributed by atoms with E-state index in [0.29, 0.717) is 37.3 Å². The molecule has 0 saturated carbocycles. The van der Waals surface area contributed by atoms with E-state index in [1.165, 1.54) is 0 Å². The van der Waals surface area contributed by atoms with Gasteiger partial charge in [0.25, 0.3) is 0 Å². The number of amides is 3. The molecule has 0 bridgehead atoms. The number of piperidine rings is 1. The second-order valence-corrected chi connectivity index (χ2v) is 10.3. The molecule has 2 atom stereocenters. The number of hydrogen-bond donors (Lipinski definition) is 1. The molecule has 34 heavy (non-hydrogen) atoms. The van der Waals surface area contributed by atoms with Crippen molar-refractivity contribution in [2.24, 2.45) is 5.92 Å². The Balaban J connectivity index is 0.00000199. The number of likely N-dealkylation sites (tertiary alicyclic amines) is 1. The third kappa shape index (κ3) is 6.71. The maximum absolute atomic E-state index is 13.0. The molecule has 3 heterocycles. The lowest BCUT2D eigenvalue weighted by Crippen LogP contribution is -2.48. The molecule has 1 N–H and O–H groups in total. The zero-order valence-electron chi connectivity index (χ0n) is 21.8. The average Bonchev–Trinajstić information content (AvgIpc) is 3.15. The van der Waals surface area contributed by atoms with Gasteiger partial charge in [-0.2, -0.15) is 0 Å². The van der Waals surface area contributed by atoms with Crippen molar-refractivity contribution in [2.75, 3.05) is 13.1 Å². The summed E-state index contributed by atoms with van der Waals surface area (Å²) in [4.78, 5) is 45.0. The van der Waals surface area contributed by atoms with E-state index < -0.39 is 41.3 Å². The Labute approximate surface area is 202 Å². The molecule has 192 valence electrons. The zero-order valence-corrected chi connectivity index (χ0v) is 21.8. The highest BCUT2D eigenvalue weighted by molar-refractivity contribution is 5.94. The largest absolute Gasteiger partial charge is 0.444 e. The Morgan fingerprint density at radius 3 is 2.21 bits per heavy atom. The third-order valence-corrected chi connectivity index (χ3v) is 5.34. The van der Waals surface area contributed by atoms with Crippen LogP contribution < -0.4 is 0 Å². The summed E-state index contributed by atoms with van der Waals surface area (Å²) in [6, 6.07) is 0. The molecule has 10 nitrogen and oxygen atoms in total. The fourth-order valence-electron chi connectivity index (χ4n) is 3.89. The topological polar surface area (TPSA) is 114 Å². The highest BCUT2D eigenvalue weighted by atomic mass is 16.6. The standard InChI is InChI=1S/C22H34N4O6.C2H6/c1-21(2,3)31-19(29)24-10-11-25-13-23-16(15(25)12-24)17(27)14-8-7-9-26(18(14)28)20(30)32-22(4,5)6;1-2/h13-14,17,27H,7-12H2,1-6H3;1-2H3. The molecule has 0 aliphatic carbocycles. The van der Waals surface area contributed by atoms with Crippen LogP contribution >= 0.6 is 0 Å². The number of carbonyl (C=O) groups excluding carboxylic acids is 3. The summed E-state index contributed by atoms with van der Waals surface area (Å²) in [5.41, 5.74) is -0.326. The Bertz CT molecular complexity index is 883. The predicted octanol–water partition coefficient (Wildman–Crippen LogP) is 3.87. The summed E-state index contributed by atoms with van der Waals surface area (Å²) < 4.78 is 12.7. The van der Waals surface area contributed by atoms with Gasteiger partial charge in [-0.1, -0.05) is 13.8 Å². The number of imide groups is 1. The van der Waals surface area contributed by atoms with E-state index in [0.717, 1.165) is 4.90 Å². The highest BCUT2D eigenvalue weighted by Gasteiger charge is 2.41. The van der Waals surface area contributed by atoms with Crippen molar-refractivity contribution in [3.63, 3.8) is 0 Å². The van der Waals surface area contributed by atoms with Crippen LogP contribution in [0.4, 0.5) is 9.59 Å². The molecule has 1 aromatic rings. The molecule has 2 aliphatic heterocycles. The van der Waals surface area contributed by atoms with Gasteiger partial charge in [-0.3, -0.25) is 4.79 Å². The summed E-state index contributed by atoms with van der Waals surface area (Å²) in [5, 5.41) is 11.1. The van der Waals surface area contributed by atoms with Crippen LogP contribution in [0.1, 0.15) is 85.7 Å². The summed E-state index contributed by atoms with van der Waals surface area (Å²) in [5.74, 6) is -1.28. The van der Waals surface area contributed by atoms with Gasteiger partial charge in [0.15, 0.2) is 0 Å². The molecule has 3 amide bonds. The van der Waals surface area contributed by atoms with Gasteiger partial charge in [0.2, 0.25) is 5.91 Å². The number of nitrogens with zero attached hydrogens (tertiary/aromatic N) is 4. The molecule has 1 aromatic heterocycles. The fraction of sp³-hybridized carbons (Fsp3) is 0.750. The first kappa shape index (κ1) is 27.6. The molecule has 0 radical (unpaired) electrons. The SMILES string of the molecule is CC.CC(C)(C)OC(=O)N1CCn2cnc(C(O)C3CCCN(C(=O)OC(C)(C)C)C3=O)c2C1. The van der Waals surface area contributed by atoms with Crippen molar-refractivity contribution in [1.82, 2.24) is 19.4 Å². The van der Waals surface area contributed by atoms with Crippen molar-refractivity contribution in [1.29, 1.82) is 0 Å². The van der Waals surface area contributed by atoms with Gasteiger partial charge >= 0.3 is 12.2 Å².